The summed E-state index contributed by atoms with van der Waals surface area (Å²) in [7, 11) is 3.26. The summed E-state index contributed by atoms with van der Waals surface area (Å²) < 4.78 is 10.2. The molecule has 6 heteroatoms. The molecule has 28 heavy (non-hydrogen) atoms. The van der Waals surface area contributed by atoms with E-state index in [0.717, 1.165) is 23.3 Å². The highest BCUT2D eigenvalue weighted by Crippen LogP contribution is 2.20. The highest BCUT2D eigenvalue weighted by molar-refractivity contribution is 6.03. The van der Waals surface area contributed by atoms with Crippen LogP contribution in [0.2, 0.25) is 0 Å². The lowest BCUT2D eigenvalue weighted by atomic mass is 10.1. The number of nitrogens with one attached hydrogen (secondary N) is 2. The quantitative estimate of drug-likeness (QED) is 0.616. The van der Waals surface area contributed by atoms with Crippen molar-refractivity contribution < 1.29 is 19.1 Å². The Labute approximate surface area is 166 Å². The summed E-state index contributed by atoms with van der Waals surface area (Å²) in [6, 6.07) is 12.9. The SMILES string of the molecule is COCCCNC(=O)c1ccccc1NC(=O)CCc1ccc(OC)c(C)c1. The summed E-state index contributed by atoms with van der Waals surface area (Å²) in [6.07, 6.45) is 1.68. The number of aryl methyl sites for hydroxylation is 2. The fourth-order valence-electron chi connectivity index (χ4n) is 2.87. The number of anilines is 1. The summed E-state index contributed by atoms with van der Waals surface area (Å²) in [4.78, 5) is 24.8. The number of benzene rings is 2. The van der Waals surface area contributed by atoms with Crippen LogP contribution in [0.3, 0.4) is 0 Å². The molecular weight excluding hydrogens is 356 g/mol. The lowest BCUT2D eigenvalue weighted by molar-refractivity contribution is -0.116. The van der Waals surface area contributed by atoms with Gasteiger partial charge in [-0.3, -0.25) is 9.59 Å². The standard InChI is InChI=1S/C22H28N2O4/c1-16-15-17(9-11-20(16)28-3)10-12-21(25)24-19-8-5-4-7-18(19)22(26)23-13-6-14-27-2/h4-5,7-9,11,15H,6,10,12-14H2,1-3H3,(H,23,26)(H,24,25). The Bertz CT molecular complexity index is 805. The summed E-state index contributed by atoms with van der Waals surface area (Å²) in [5, 5.41) is 5.69. The molecule has 2 aromatic rings. The van der Waals surface area contributed by atoms with E-state index in [2.05, 4.69) is 10.6 Å². The normalized spacial score (nSPS) is 10.4. The first-order valence-electron chi connectivity index (χ1n) is 9.34. The molecule has 0 atom stereocenters. The molecule has 0 unspecified atom stereocenters. The maximum Gasteiger partial charge on any atom is 0.253 e. The number of hydrogen-bond donors (Lipinski definition) is 2. The Morgan fingerprint density at radius 3 is 2.57 bits per heavy atom. The van der Waals surface area contributed by atoms with Crippen LogP contribution in [0.5, 0.6) is 5.75 Å². The molecule has 0 heterocycles. The smallest absolute Gasteiger partial charge is 0.253 e. The Balaban J connectivity index is 1.93. The number of ether oxygens (including phenoxy) is 2. The fraction of sp³-hybridized carbons (Fsp3) is 0.364. The van der Waals surface area contributed by atoms with Crippen molar-refractivity contribution in [3.8, 4) is 5.75 Å². The van der Waals surface area contributed by atoms with Crippen molar-refractivity contribution in [2.24, 2.45) is 0 Å². The van der Waals surface area contributed by atoms with Crippen molar-refractivity contribution >= 4 is 17.5 Å². The molecule has 6 nitrogen and oxygen atoms in total. The van der Waals surface area contributed by atoms with Gasteiger partial charge in [0, 0.05) is 26.7 Å². The summed E-state index contributed by atoms with van der Waals surface area (Å²) in [6.45, 7) is 3.08. The van der Waals surface area contributed by atoms with E-state index in [4.69, 9.17) is 9.47 Å². The van der Waals surface area contributed by atoms with E-state index in [-0.39, 0.29) is 11.8 Å². The van der Waals surface area contributed by atoms with E-state index in [1.165, 1.54) is 0 Å². The molecule has 2 N–H and O–H groups in total. The van der Waals surface area contributed by atoms with Gasteiger partial charge in [0.1, 0.15) is 5.75 Å². The van der Waals surface area contributed by atoms with Gasteiger partial charge in [0.15, 0.2) is 0 Å². The zero-order chi connectivity index (χ0) is 20.4. The van der Waals surface area contributed by atoms with E-state index >= 15 is 0 Å². The van der Waals surface area contributed by atoms with E-state index in [9.17, 15) is 9.59 Å². The van der Waals surface area contributed by atoms with Crippen LogP contribution >= 0.6 is 0 Å². The molecular formula is C22H28N2O4. The topological polar surface area (TPSA) is 76.7 Å². The average molecular weight is 384 g/mol. The lowest BCUT2D eigenvalue weighted by Crippen LogP contribution is -2.26. The molecule has 2 rings (SSSR count). The molecule has 150 valence electrons. The van der Waals surface area contributed by atoms with Crippen LogP contribution in [0, 0.1) is 6.92 Å². The predicted molar refractivity (Wildman–Crippen MR) is 110 cm³/mol. The van der Waals surface area contributed by atoms with Crippen molar-refractivity contribution in [1.82, 2.24) is 5.32 Å². The van der Waals surface area contributed by atoms with Crippen molar-refractivity contribution in [3.05, 3.63) is 59.2 Å². The molecule has 0 saturated carbocycles. The zero-order valence-electron chi connectivity index (χ0n) is 16.7. The Morgan fingerprint density at radius 2 is 1.86 bits per heavy atom. The van der Waals surface area contributed by atoms with Gasteiger partial charge >= 0.3 is 0 Å². The molecule has 0 aromatic heterocycles. The molecule has 2 amide bonds. The Hall–Kier alpha value is -2.86. The third-order valence-electron chi connectivity index (χ3n) is 4.36. The number of methoxy groups -OCH3 is 2. The number of carbonyl (C=O) groups excluding carboxylic acids is 2. The summed E-state index contributed by atoms with van der Waals surface area (Å²) >= 11 is 0. The average Bonchev–Trinajstić information content (AvgIpc) is 2.70. The second-order valence-electron chi connectivity index (χ2n) is 6.50. The molecule has 2 aromatic carbocycles. The van der Waals surface area contributed by atoms with Crippen molar-refractivity contribution in [1.29, 1.82) is 0 Å². The maximum atomic E-state index is 12.4. The predicted octanol–water partition coefficient (Wildman–Crippen LogP) is 3.34. The summed E-state index contributed by atoms with van der Waals surface area (Å²) in [5.41, 5.74) is 3.07. The van der Waals surface area contributed by atoms with E-state index in [1.54, 1.807) is 38.5 Å². The minimum Gasteiger partial charge on any atom is -0.496 e. The third-order valence-corrected chi connectivity index (χ3v) is 4.36. The highest BCUT2D eigenvalue weighted by Gasteiger charge is 2.13. The van der Waals surface area contributed by atoms with Crippen LogP contribution in [-0.2, 0) is 16.0 Å². The first-order valence-corrected chi connectivity index (χ1v) is 9.34. The second kappa shape index (κ2) is 11.1. The molecule has 0 aliphatic heterocycles. The van der Waals surface area contributed by atoms with Crippen molar-refractivity contribution in [2.75, 3.05) is 32.7 Å². The second-order valence-corrected chi connectivity index (χ2v) is 6.50. The number of amides is 2. The number of rotatable bonds is 10. The van der Waals surface area contributed by atoms with E-state index < -0.39 is 0 Å². The first-order chi connectivity index (χ1) is 13.5. The Kier molecular flexibility index (Phi) is 8.49. The summed E-state index contributed by atoms with van der Waals surface area (Å²) in [5.74, 6) is 0.490. The van der Waals surface area contributed by atoms with Crippen molar-refractivity contribution in [2.45, 2.75) is 26.2 Å². The van der Waals surface area contributed by atoms with Gasteiger partial charge < -0.3 is 20.1 Å². The van der Waals surface area contributed by atoms with Gasteiger partial charge in [-0.05, 0) is 49.1 Å². The van der Waals surface area contributed by atoms with Crippen LogP contribution in [0.15, 0.2) is 42.5 Å². The van der Waals surface area contributed by atoms with Gasteiger partial charge in [-0.1, -0.05) is 24.3 Å². The highest BCUT2D eigenvalue weighted by atomic mass is 16.5. The maximum absolute atomic E-state index is 12.4. The van der Waals surface area contributed by atoms with E-state index in [0.29, 0.717) is 37.2 Å². The van der Waals surface area contributed by atoms with Gasteiger partial charge in [-0.15, -0.1) is 0 Å². The van der Waals surface area contributed by atoms with Gasteiger partial charge in [-0.2, -0.15) is 0 Å². The van der Waals surface area contributed by atoms with Gasteiger partial charge in [-0.25, -0.2) is 0 Å². The van der Waals surface area contributed by atoms with Gasteiger partial charge in [0.05, 0.1) is 18.4 Å². The lowest BCUT2D eigenvalue weighted by Gasteiger charge is -2.12. The van der Waals surface area contributed by atoms with E-state index in [1.807, 2.05) is 25.1 Å². The van der Waals surface area contributed by atoms with Crippen LogP contribution in [-0.4, -0.2) is 39.2 Å². The fourth-order valence-corrected chi connectivity index (χ4v) is 2.87. The molecule has 0 aliphatic carbocycles. The molecule has 0 bridgehead atoms. The molecule has 0 saturated heterocycles. The minimum absolute atomic E-state index is 0.131. The van der Waals surface area contributed by atoms with Gasteiger partial charge in [0.25, 0.3) is 5.91 Å². The zero-order valence-corrected chi connectivity index (χ0v) is 16.7. The van der Waals surface area contributed by atoms with Crippen LogP contribution in [0.25, 0.3) is 0 Å². The van der Waals surface area contributed by atoms with Crippen LogP contribution in [0.1, 0.15) is 34.3 Å². The molecule has 0 fully saturated rings. The third kappa shape index (κ3) is 6.39. The largest absolute Gasteiger partial charge is 0.496 e. The molecule has 0 aliphatic rings. The minimum atomic E-state index is -0.210. The number of carbonyl (C=O) groups is 2. The molecule has 0 spiro atoms. The van der Waals surface area contributed by atoms with Crippen LogP contribution < -0.4 is 15.4 Å². The van der Waals surface area contributed by atoms with Gasteiger partial charge in [0.2, 0.25) is 5.91 Å². The molecule has 0 radical (unpaired) electrons. The number of para-hydroxylation sites is 1. The van der Waals surface area contributed by atoms with Crippen LogP contribution in [0.4, 0.5) is 5.69 Å². The Morgan fingerprint density at radius 1 is 1.07 bits per heavy atom. The monoisotopic (exact) mass is 384 g/mol. The first kappa shape index (κ1) is 21.4. The van der Waals surface area contributed by atoms with Crippen molar-refractivity contribution in [3.63, 3.8) is 0 Å². The number of hydrogen-bond acceptors (Lipinski definition) is 4.